The first-order chi connectivity index (χ1) is 9.58. The predicted molar refractivity (Wildman–Crippen MR) is 78.8 cm³/mol. The molecule has 0 radical (unpaired) electrons. The molecule has 4 nitrogen and oxygen atoms in total. The minimum Gasteiger partial charge on any atom is -0.480 e. The van der Waals surface area contributed by atoms with Gasteiger partial charge >= 0.3 is 5.97 Å². The molecule has 0 fully saturated rings. The first-order valence-corrected chi connectivity index (χ1v) is 6.82. The number of carboxylic acids is 1. The van der Waals surface area contributed by atoms with Gasteiger partial charge in [0.2, 0.25) is 0 Å². The number of carboxylic acid groups (broad SMARTS) is 1. The third kappa shape index (κ3) is 4.88. The summed E-state index contributed by atoms with van der Waals surface area (Å²) in [5, 5.41) is 11.5. The quantitative estimate of drug-likeness (QED) is 0.717. The summed E-state index contributed by atoms with van der Waals surface area (Å²) in [5.41, 5.74) is 1.66. The largest absolute Gasteiger partial charge is 0.480 e. The zero-order chi connectivity index (χ0) is 15.0. The number of rotatable bonds is 8. The number of hydrogen-bond acceptors (Lipinski definition) is 2. The van der Waals surface area contributed by atoms with E-state index in [9.17, 15) is 9.59 Å². The molecule has 1 amide bonds. The standard InChI is InChI=1S/C16H21NO3/c1-3-5-7-12-8-10-13(11-9-12)15(18)17-14(6-4-2)16(19)20/h4,8-11,14H,2-3,5-7H2,1H3,(H,17,18)(H,19,20). The van der Waals surface area contributed by atoms with E-state index in [2.05, 4.69) is 18.8 Å². The molecule has 2 N–H and O–H groups in total. The summed E-state index contributed by atoms with van der Waals surface area (Å²) in [6.07, 6.45) is 4.92. The number of hydrogen-bond donors (Lipinski definition) is 2. The molecule has 0 aliphatic rings. The molecule has 1 aromatic carbocycles. The number of benzene rings is 1. The number of carbonyl (C=O) groups excluding carboxylic acids is 1. The highest BCUT2D eigenvalue weighted by atomic mass is 16.4. The van der Waals surface area contributed by atoms with Crippen LogP contribution < -0.4 is 5.32 Å². The van der Waals surface area contributed by atoms with Crippen molar-refractivity contribution in [2.24, 2.45) is 0 Å². The maximum absolute atomic E-state index is 12.0. The monoisotopic (exact) mass is 275 g/mol. The second-order valence-electron chi connectivity index (χ2n) is 4.69. The molecular weight excluding hydrogens is 254 g/mol. The number of amides is 1. The van der Waals surface area contributed by atoms with Gasteiger partial charge in [0.25, 0.3) is 5.91 Å². The molecule has 1 rings (SSSR count). The van der Waals surface area contributed by atoms with Gasteiger partial charge in [-0.05, 0) is 37.0 Å². The molecule has 108 valence electrons. The predicted octanol–water partition coefficient (Wildman–Crippen LogP) is 2.79. The number of unbranched alkanes of at least 4 members (excludes halogenated alkanes) is 1. The summed E-state index contributed by atoms with van der Waals surface area (Å²) in [6.45, 7) is 5.62. The lowest BCUT2D eigenvalue weighted by atomic mass is 10.1. The Balaban J connectivity index is 2.66. The van der Waals surface area contributed by atoms with Crippen molar-refractivity contribution in [1.29, 1.82) is 0 Å². The highest BCUT2D eigenvalue weighted by Crippen LogP contribution is 2.08. The minimum absolute atomic E-state index is 0.204. The van der Waals surface area contributed by atoms with E-state index in [4.69, 9.17) is 5.11 Å². The van der Waals surface area contributed by atoms with Crippen LogP contribution in [0.15, 0.2) is 36.9 Å². The van der Waals surface area contributed by atoms with E-state index in [1.54, 1.807) is 12.1 Å². The molecule has 0 aliphatic carbocycles. The summed E-state index contributed by atoms with van der Waals surface area (Å²) >= 11 is 0. The zero-order valence-electron chi connectivity index (χ0n) is 11.8. The fourth-order valence-corrected chi connectivity index (χ4v) is 1.83. The Morgan fingerprint density at radius 1 is 1.35 bits per heavy atom. The Hall–Kier alpha value is -2.10. The Labute approximate surface area is 119 Å². The topological polar surface area (TPSA) is 66.4 Å². The molecule has 0 aromatic heterocycles. The first-order valence-electron chi connectivity index (χ1n) is 6.82. The van der Waals surface area contributed by atoms with Gasteiger partial charge in [-0.25, -0.2) is 4.79 Å². The molecule has 0 spiro atoms. The smallest absolute Gasteiger partial charge is 0.326 e. The average Bonchev–Trinajstić information content (AvgIpc) is 2.45. The van der Waals surface area contributed by atoms with Crippen LogP contribution in [-0.2, 0) is 11.2 Å². The number of aryl methyl sites for hydroxylation is 1. The minimum atomic E-state index is -1.06. The van der Waals surface area contributed by atoms with Gasteiger partial charge in [0.15, 0.2) is 0 Å². The van der Waals surface area contributed by atoms with Crippen LogP contribution in [-0.4, -0.2) is 23.0 Å². The maximum Gasteiger partial charge on any atom is 0.326 e. The molecule has 0 bridgehead atoms. The van der Waals surface area contributed by atoms with Gasteiger partial charge in [0.05, 0.1) is 0 Å². The van der Waals surface area contributed by atoms with Crippen molar-refractivity contribution in [2.45, 2.75) is 38.6 Å². The molecule has 1 aromatic rings. The van der Waals surface area contributed by atoms with Crippen molar-refractivity contribution in [2.75, 3.05) is 0 Å². The fraction of sp³-hybridized carbons (Fsp3) is 0.375. The first kappa shape index (κ1) is 16.0. The van der Waals surface area contributed by atoms with E-state index in [0.29, 0.717) is 5.56 Å². The van der Waals surface area contributed by atoms with Crippen molar-refractivity contribution in [3.05, 3.63) is 48.0 Å². The summed E-state index contributed by atoms with van der Waals surface area (Å²) in [7, 11) is 0. The Morgan fingerprint density at radius 3 is 2.50 bits per heavy atom. The lowest BCUT2D eigenvalue weighted by Crippen LogP contribution is -2.40. The number of nitrogens with one attached hydrogen (secondary N) is 1. The van der Waals surface area contributed by atoms with Gasteiger partial charge in [-0.2, -0.15) is 0 Å². The van der Waals surface area contributed by atoms with Gasteiger partial charge in [-0.15, -0.1) is 6.58 Å². The van der Waals surface area contributed by atoms with Gasteiger partial charge in [-0.3, -0.25) is 4.79 Å². The average molecular weight is 275 g/mol. The summed E-state index contributed by atoms with van der Waals surface area (Å²) < 4.78 is 0. The van der Waals surface area contributed by atoms with Gasteiger partial charge in [0, 0.05) is 5.56 Å². The van der Waals surface area contributed by atoms with Crippen molar-refractivity contribution < 1.29 is 14.7 Å². The van der Waals surface area contributed by atoms with Crippen molar-refractivity contribution in [1.82, 2.24) is 5.32 Å². The van der Waals surface area contributed by atoms with Crippen molar-refractivity contribution >= 4 is 11.9 Å². The Bertz CT molecular complexity index is 465. The normalized spacial score (nSPS) is 11.7. The third-order valence-electron chi connectivity index (χ3n) is 3.04. The Morgan fingerprint density at radius 2 is 2.00 bits per heavy atom. The SMILES string of the molecule is C=CCC(NC(=O)c1ccc(CCCC)cc1)C(=O)O. The lowest BCUT2D eigenvalue weighted by molar-refractivity contribution is -0.139. The molecule has 0 heterocycles. The molecule has 20 heavy (non-hydrogen) atoms. The molecule has 4 heteroatoms. The third-order valence-corrected chi connectivity index (χ3v) is 3.04. The number of carbonyl (C=O) groups is 2. The van der Waals surface area contributed by atoms with E-state index in [-0.39, 0.29) is 12.3 Å². The van der Waals surface area contributed by atoms with Gasteiger partial charge < -0.3 is 10.4 Å². The Kier molecular flexibility index (Phi) is 6.50. The van der Waals surface area contributed by atoms with Crippen LogP contribution in [0.25, 0.3) is 0 Å². The van der Waals surface area contributed by atoms with E-state index in [1.807, 2.05) is 12.1 Å². The molecule has 0 saturated carbocycles. The summed E-state index contributed by atoms with van der Waals surface area (Å²) in [6, 6.07) is 6.35. The molecule has 0 aliphatic heterocycles. The van der Waals surface area contributed by atoms with Crippen molar-refractivity contribution in [3.63, 3.8) is 0 Å². The second kappa shape index (κ2) is 8.15. The van der Waals surface area contributed by atoms with Crippen LogP contribution in [0.1, 0.15) is 42.1 Å². The van der Waals surface area contributed by atoms with E-state index in [1.165, 1.54) is 11.6 Å². The molecule has 1 atom stereocenters. The highest BCUT2D eigenvalue weighted by molar-refractivity contribution is 5.96. The summed E-state index contributed by atoms with van der Waals surface area (Å²) in [4.78, 5) is 22.9. The van der Waals surface area contributed by atoms with Gasteiger partial charge in [-0.1, -0.05) is 31.6 Å². The second-order valence-corrected chi connectivity index (χ2v) is 4.69. The number of aliphatic carboxylic acids is 1. The maximum atomic E-state index is 12.0. The van der Waals surface area contributed by atoms with E-state index in [0.717, 1.165) is 19.3 Å². The summed E-state index contributed by atoms with van der Waals surface area (Å²) in [5.74, 6) is -1.43. The molecule has 0 saturated heterocycles. The molecular formula is C16H21NO3. The van der Waals surface area contributed by atoms with Crippen LogP contribution in [0.2, 0.25) is 0 Å². The van der Waals surface area contributed by atoms with Crippen LogP contribution in [0, 0.1) is 0 Å². The van der Waals surface area contributed by atoms with Crippen LogP contribution >= 0.6 is 0 Å². The van der Waals surface area contributed by atoms with E-state index < -0.39 is 12.0 Å². The lowest BCUT2D eigenvalue weighted by Gasteiger charge is -2.12. The van der Waals surface area contributed by atoms with Crippen molar-refractivity contribution in [3.8, 4) is 0 Å². The van der Waals surface area contributed by atoms with Crippen LogP contribution in [0.3, 0.4) is 0 Å². The molecule has 1 unspecified atom stereocenters. The highest BCUT2D eigenvalue weighted by Gasteiger charge is 2.18. The van der Waals surface area contributed by atoms with E-state index >= 15 is 0 Å². The zero-order valence-corrected chi connectivity index (χ0v) is 11.8. The fourth-order valence-electron chi connectivity index (χ4n) is 1.83. The van der Waals surface area contributed by atoms with Crippen LogP contribution in [0.4, 0.5) is 0 Å². The van der Waals surface area contributed by atoms with Crippen LogP contribution in [0.5, 0.6) is 0 Å². The van der Waals surface area contributed by atoms with Gasteiger partial charge in [0.1, 0.15) is 6.04 Å².